The quantitative estimate of drug-likeness (QED) is 0.621. The predicted octanol–water partition coefficient (Wildman–Crippen LogP) is 0.747. The van der Waals surface area contributed by atoms with Crippen molar-refractivity contribution in [3.8, 4) is 11.1 Å². The summed E-state index contributed by atoms with van der Waals surface area (Å²) in [7, 11) is -1.71. The van der Waals surface area contributed by atoms with Gasteiger partial charge in [0.2, 0.25) is 10.0 Å². The molecule has 0 spiro atoms. The molecule has 0 bridgehead atoms. The first kappa shape index (κ1) is 19.7. The molecular formula is C20H21N3O5S. The van der Waals surface area contributed by atoms with Crippen LogP contribution in [0, 0.1) is 0 Å². The minimum atomic E-state index is -3.70. The summed E-state index contributed by atoms with van der Waals surface area (Å²) in [5, 5.41) is 11.5. The maximum atomic E-state index is 12.3. The number of aliphatic hydroxyl groups excluding tert-OH is 1. The van der Waals surface area contributed by atoms with Gasteiger partial charge in [-0.25, -0.2) is 13.1 Å². The normalized spacial score (nSPS) is 16.5. The smallest absolute Gasteiger partial charge is 0.296 e. The Kier molecular flexibility index (Phi) is 4.99. The number of nitrogens with zero attached hydrogens (tertiary/aromatic N) is 1. The molecule has 0 atom stereocenters. The first-order valence-electron chi connectivity index (χ1n) is 9.26. The second kappa shape index (κ2) is 7.34. The highest BCUT2D eigenvalue weighted by Gasteiger charge is 2.34. The van der Waals surface area contributed by atoms with Gasteiger partial charge in [0.15, 0.2) is 0 Å². The van der Waals surface area contributed by atoms with E-state index in [1.54, 1.807) is 18.2 Å². The minimum Gasteiger partial charge on any atom is -0.395 e. The summed E-state index contributed by atoms with van der Waals surface area (Å²) < 4.78 is 26.8. The SMILES string of the molecule is CN1CCc2c(-c3ccc(S(=O)(=O)NCCO)cc3)cc3c(c2C1)NC(=O)C3=O. The van der Waals surface area contributed by atoms with Crippen molar-refractivity contribution in [1.82, 2.24) is 9.62 Å². The van der Waals surface area contributed by atoms with Crippen molar-refractivity contribution in [3.05, 3.63) is 47.0 Å². The molecule has 0 saturated carbocycles. The minimum absolute atomic E-state index is 0.0565. The van der Waals surface area contributed by atoms with Gasteiger partial charge in [0.05, 0.1) is 22.8 Å². The van der Waals surface area contributed by atoms with Gasteiger partial charge in [-0.15, -0.1) is 0 Å². The first-order chi connectivity index (χ1) is 13.8. The zero-order chi connectivity index (χ0) is 20.8. The highest BCUT2D eigenvalue weighted by Crippen LogP contribution is 2.39. The molecule has 3 N–H and O–H groups in total. The molecular weight excluding hydrogens is 394 g/mol. The molecule has 2 aliphatic rings. The second-order valence-electron chi connectivity index (χ2n) is 7.22. The molecule has 1 amide bonds. The number of ketones is 1. The molecule has 0 aromatic heterocycles. The summed E-state index contributed by atoms with van der Waals surface area (Å²) in [5.41, 5.74) is 4.57. The fraction of sp³-hybridized carbons (Fsp3) is 0.300. The van der Waals surface area contributed by atoms with Crippen molar-refractivity contribution >= 4 is 27.4 Å². The van der Waals surface area contributed by atoms with Gasteiger partial charge < -0.3 is 15.3 Å². The van der Waals surface area contributed by atoms with E-state index < -0.39 is 21.7 Å². The lowest BCUT2D eigenvalue weighted by molar-refractivity contribution is -0.112. The molecule has 152 valence electrons. The van der Waals surface area contributed by atoms with Crippen LogP contribution in [0.3, 0.4) is 0 Å². The summed E-state index contributed by atoms with van der Waals surface area (Å²) in [6, 6.07) is 8.11. The van der Waals surface area contributed by atoms with Crippen LogP contribution in [0.4, 0.5) is 5.69 Å². The highest BCUT2D eigenvalue weighted by atomic mass is 32.2. The third kappa shape index (κ3) is 3.46. The number of carbonyl (C=O) groups excluding carboxylic acids is 2. The van der Waals surface area contributed by atoms with Crippen molar-refractivity contribution in [2.75, 3.05) is 32.1 Å². The Labute approximate surface area is 168 Å². The summed E-state index contributed by atoms with van der Waals surface area (Å²) in [5.74, 6) is -1.17. The largest absolute Gasteiger partial charge is 0.395 e. The molecule has 0 radical (unpaired) electrons. The summed E-state index contributed by atoms with van der Waals surface area (Å²) in [4.78, 5) is 26.4. The van der Waals surface area contributed by atoms with Gasteiger partial charge in [0, 0.05) is 19.6 Å². The average molecular weight is 415 g/mol. The Morgan fingerprint density at radius 1 is 1.14 bits per heavy atom. The maximum Gasteiger partial charge on any atom is 0.296 e. The number of benzene rings is 2. The van der Waals surface area contributed by atoms with Crippen LogP contribution in [0.1, 0.15) is 21.5 Å². The van der Waals surface area contributed by atoms with E-state index in [0.29, 0.717) is 17.8 Å². The van der Waals surface area contributed by atoms with E-state index in [-0.39, 0.29) is 18.0 Å². The summed E-state index contributed by atoms with van der Waals surface area (Å²) in [6.07, 6.45) is 0.761. The van der Waals surface area contributed by atoms with E-state index >= 15 is 0 Å². The molecule has 2 aromatic carbocycles. The number of fused-ring (bicyclic) bond motifs is 3. The van der Waals surface area contributed by atoms with Gasteiger partial charge in [-0.3, -0.25) is 9.59 Å². The number of sulfonamides is 1. The van der Waals surface area contributed by atoms with Crippen molar-refractivity contribution in [2.45, 2.75) is 17.9 Å². The monoisotopic (exact) mass is 415 g/mol. The molecule has 9 heteroatoms. The van der Waals surface area contributed by atoms with Crippen molar-refractivity contribution in [2.24, 2.45) is 0 Å². The van der Waals surface area contributed by atoms with E-state index in [2.05, 4.69) is 14.9 Å². The molecule has 2 heterocycles. The molecule has 0 aliphatic carbocycles. The Hall–Kier alpha value is -2.59. The van der Waals surface area contributed by atoms with Crippen LogP contribution in [0.2, 0.25) is 0 Å². The predicted molar refractivity (Wildman–Crippen MR) is 107 cm³/mol. The van der Waals surface area contributed by atoms with Crippen LogP contribution in [0.25, 0.3) is 11.1 Å². The lowest BCUT2D eigenvalue weighted by Crippen LogP contribution is -2.28. The fourth-order valence-electron chi connectivity index (χ4n) is 3.84. The third-order valence-corrected chi connectivity index (χ3v) is 6.77. The molecule has 0 unspecified atom stereocenters. The van der Waals surface area contributed by atoms with Crippen LogP contribution in [0.15, 0.2) is 35.2 Å². The van der Waals surface area contributed by atoms with Crippen LogP contribution < -0.4 is 10.0 Å². The summed E-state index contributed by atoms with van der Waals surface area (Å²) in [6.45, 7) is 1.13. The zero-order valence-electron chi connectivity index (χ0n) is 15.9. The summed E-state index contributed by atoms with van der Waals surface area (Å²) >= 11 is 0. The lowest BCUT2D eigenvalue weighted by atomic mass is 9.87. The topological polar surface area (TPSA) is 116 Å². The number of carbonyl (C=O) groups is 2. The lowest BCUT2D eigenvalue weighted by Gasteiger charge is -2.29. The number of nitrogens with one attached hydrogen (secondary N) is 2. The molecule has 2 aromatic rings. The number of aliphatic hydroxyl groups is 1. The number of hydrogen-bond donors (Lipinski definition) is 3. The van der Waals surface area contributed by atoms with Gasteiger partial charge in [0.1, 0.15) is 0 Å². The Morgan fingerprint density at radius 2 is 1.86 bits per heavy atom. The Morgan fingerprint density at radius 3 is 2.55 bits per heavy atom. The van der Waals surface area contributed by atoms with E-state index in [1.807, 2.05) is 7.05 Å². The average Bonchev–Trinajstić information content (AvgIpc) is 3.00. The standard InChI is InChI=1S/C20H21N3O5S/c1-23-8-6-14-15(10-16-18(17(14)11-23)22-20(26)19(16)25)12-2-4-13(5-3-12)29(27,28)21-7-9-24/h2-5,10,21,24H,6-9,11H2,1H3,(H,22,25,26). The van der Waals surface area contributed by atoms with Crippen molar-refractivity contribution < 1.29 is 23.1 Å². The van der Waals surface area contributed by atoms with Gasteiger partial charge in [0.25, 0.3) is 11.7 Å². The maximum absolute atomic E-state index is 12.3. The van der Waals surface area contributed by atoms with Gasteiger partial charge in [-0.1, -0.05) is 12.1 Å². The molecule has 8 nitrogen and oxygen atoms in total. The zero-order valence-corrected chi connectivity index (χ0v) is 16.7. The van der Waals surface area contributed by atoms with E-state index in [9.17, 15) is 18.0 Å². The number of hydrogen-bond acceptors (Lipinski definition) is 6. The van der Waals surface area contributed by atoms with Crippen LogP contribution in [-0.2, 0) is 27.8 Å². The first-order valence-corrected chi connectivity index (χ1v) is 10.7. The third-order valence-electron chi connectivity index (χ3n) is 5.29. The molecule has 0 saturated heterocycles. The van der Waals surface area contributed by atoms with Crippen LogP contribution in [-0.4, -0.2) is 56.9 Å². The molecule has 2 aliphatic heterocycles. The Bertz CT molecular complexity index is 1110. The van der Waals surface area contributed by atoms with Crippen molar-refractivity contribution in [1.29, 1.82) is 0 Å². The number of likely N-dealkylation sites (N-methyl/N-ethyl adjacent to an activating group) is 1. The molecule has 29 heavy (non-hydrogen) atoms. The van der Waals surface area contributed by atoms with Gasteiger partial charge in [-0.2, -0.15) is 0 Å². The number of amides is 1. The second-order valence-corrected chi connectivity index (χ2v) is 8.99. The molecule has 4 rings (SSSR count). The van der Waals surface area contributed by atoms with Gasteiger partial charge >= 0.3 is 0 Å². The van der Waals surface area contributed by atoms with Crippen LogP contribution >= 0.6 is 0 Å². The molecule has 0 fully saturated rings. The highest BCUT2D eigenvalue weighted by molar-refractivity contribution is 7.89. The van der Waals surface area contributed by atoms with E-state index in [0.717, 1.165) is 35.2 Å². The van der Waals surface area contributed by atoms with Crippen molar-refractivity contribution in [3.63, 3.8) is 0 Å². The number of anilines is 1. The fourth-order valence-corrected chi connectivity index (χ4v) is 4.86. The van der Waals surface area contributed by atoms with E-state index in [4.69, 9.17) is 5.11 Å². The van der Waals surface area contributed by atoms with Crippen LogP contribution in [0.5, 0.6) is 0 Å². The number of rotatable bonds is 5. The Balaban J connectivity index is 1.79. The van der Waals surface area contributed by atoms with E-state index in [1.165, 1.54) is 12.1 Å². The number of Topliss-reactive ketones (excluding diaryl/α,β-unsaturated/α-hetero) is 1. The van der Waals surface area contributed by atoms with Gasteiger partial charge in [-0.05, 0) is 53.9 Å².